The largest absolute Gasteiger partial charge is 0.445 e. The van der Waals surface area contributed by atoms with E-state index in [0.29, 0.717) is 17.8 Å². The van der Waals surface area contributed by atoms with Gasteiger partial charge in [0.1, 0.15) is 6.61 Å². The van der Waals surface area contributed by atoms with E-state index in [-0.39, 0.29) is 12.5 Å². The van der Waals surface area contributed by atoms with Gasteiger partial charge >= 0.3 is 6.09 Å². The Balaban J connectivity index is 1.49. The number of para-hydroxylation sites is 2. The number of carbonyl (C=O) groups is 2. The van der Waals surface area contributed by atoms with Crippen LogP contribution >= 0.6 is 0 Å². The topological polar surface area (TPSA) is 92.3 Å². The van der Waals surface area contributed by atoms with Crippen molar-refractivity contribution in [2.24, 2.45) is 0 Å². The van der Waals surface area contributed by atoms with Crippen LogP contribution in [0.4, 0.5) is 16.2 Å². The minimum absolute atomic E-state index is 0.160. The van der Waals surface area contributed by atoms with Crippen LogP contribution in [0.2, 0.25) is 0 Å². The average molecular weight is 390 g/mol. The highest BCUT2D eigenvalue weighted by Gasteiger charge is 2.09. The Bertz CT molecular complexity index is 959. The maximum atomic E-state index is 12.4. The highest BCUT2D eigenvalue weighted by Crippen LogP contribution is 2.21. The second-order valence-electron chi connectivity index (χ2n) is 6.24. The maximum absolute atomic E-state index is 12.4. The van der Waals surface area contributed by atoms with Crippen molar-refractivity contribution in [3.63, 3.8) is 0 Å². The molecule has 0 unspecified atom stereocenters. The van der Waals surface area contributed by atoms with Gasteiger partial charge in [-0.15, -0.1) is 0 Å². The number of aromatic nitrogens is 1. The van der Waals surface area contributed by atoms with Gasteiger partial charge in [0.2, 0.25) is 0 Å². The van der Waals surface area contributed by atoms with Crippen molar-refractivity contribution in [2.45, 2.75) is 13.2 Å². The van der Waals surface area contributed by atoms with Crippen LogP contribution in [-0.2, 0) is 17.9 Å². The van der Waals surface area contributed by atoms with E-state index in [2.05, 4.69) is 20.9 Å². The monoisotopic (exact) mass is 390 g/mol. The van der Waals surface area contributed by atoms with E-state index < -0.39 is 6.09 Å². The highest BCUT2D eigenvalue weighted by molar-refractivity contribution is 6.05. The van der Waals surface area contributed by atoms with Crippen LogP contribution in [0.25, 0.3) is 0 Å². The van der Waals surface area contributed by atoms with E-state index in [1.165, 1.54) is 0 Å². The Hall–Kier alpha value is -3.87. The maximum Gasteiger partial charge on any atom is 0.407 e. The Labute approximate surface area is 169 Å². The summed E-state index contributed by atoms with van der Waals surface area (Å²) in [5.74, 6) is -0.205. The molecule has 2 aromatic carbocycles. The fraction of sp³-hybridized carbons (Fsp3) is 0.136. The molecular weight excluding hydrogens is 368 g/mol. The quantitative estimate of drug-likeness (QED) is 0.571. The van der Waals surface area contributed by atoms with E-state index >= 15 is 0 Å². The number of rotatable bonds is 7. The normalized spacial score (nSPS) is 10.1. The average Bonchev–Trinajstić information content (AvgIpc) is 2.77. The molecule has 0 aliphatic rings. The molecule has 0 saturated carbocycles. The third-order valence-electron chi connectivity index (χ3n) is 4.19. The summed E-state index contributed by atoms with van der Waals surface area (Å²) in [4.78, 5) is 28.2. The van der Waals surface area contributed by atoms with Gasteiger partial charge in [-0.05, 0) is 35.9 Å². The number of hydrogen-bond acceptors (Lipinski definition) is 5. The number of alkyl carbamates (subject to hydrolysis) is 1. The van der Waals surface area contributed by atoms with Crippen molar-refractivity contribution < 1.29 is 14.3 Å². The lowest BCUT2D eigenvalue weighted by molar-refractivity contribution is 0.102. The molecule has 7 nitrogen and oxygen atoms in total. The fourth-order valence-electron chi connectivity index (χ4n) is 2.64. The second kappa shape index (κ2) is 9.89. The molecule has 0 saturated heterocycles. The number of anilines is 2. The number of benzene rings is 2. The molecule has 1 aromatic heterocycles. The first-order chi connectivity index (χ1) is 14.2. The first-order valence-electron chi connectivity index (χ1n) is 9.12. The van der Waals surface area contributed by atoms with Crippen LogP contribution in [0.15, 0.2) is 73.1 Å². The minimum atomic E-state index is -0.514. The van der Waals surface area contributed by atoms with Gasteiger partial charge in [-0.3, -0.25) is 9.78 Å². The van der Waals surface area contributed by atoms with E-state index in [0.717, 1.165) is 16.8 Å². The molecule has 0 aliphatic carbocycles. The minimum Gasteiger partial charge on any atom is -0.445 e. The third kappa shape index (κ3) is 5.80. The summed E-state index contributed by atoms with van der Waals surface area (Å²) in [7, 11) is 1.80. The molecule has 3 aromatic rings. The summed E-state index contributed by atoms with van der Waals surface area (Å²) in [5.41, 5.74) is 3.75. The van der Waals surface area contributed by atoms with E-state index in [1.807, 2.05) is 30.3 Å². The standard InChI is InChI=1S/C22H22N4O3/c1-23-19-6-2-3-7-20(19)26-21(27)18-10-8-16(9-11-18)14-25-22(28)29-15-17-5-4-12-24-13-17/h2-13,23H,14-15H2,1H3,(H,25,28)(H,26,27). The van der Waals surface area contributed by atoms with Gasteiger partial charge in [0.15, 0.2) is 0 Å². The zero-order valence-electron chi connectivity index (χ0n) is 16.0. The lowest BCUT2D eigenvalue weighted by Gasteiger charge is -2.11. The summed E-state index contributed by atoms with van der Waals surface area (Å²) in [6, 6.07) is 18.1. The summed E-state index contributed by atoms with van der Waals surface area (Å²) in [6.07, 6.45) is 2.79. The molecule has 0 radical (unpaired) electrons. The number of carbonyl (C=O) groups excluding carboxylic acids is 2. The zero-order valence-corrected chi connectivity index (χ0v) is 16.0. The molecule has 3 rings (SSSR count). The molecule has 0 fully saturated rings. The highest BCUT2D eigenvalue weighted by atomic mass is 16.5. The van der Waals surface area contributed by atoms with Crippen molar-refractivity contribution in [1.29, 1.82) is 0 Å². The number of amides is 2. The van der Waals surface area contributed by atoms with E-state index in [1.54, 1.807) is 49.8 Å². The number of hydrogen-bond donors (Lipinski definition) is 3. The lowest BCUT2D eigenvalue weighted by atomic mass is 10.1. The van der Waals surface area contributed by atoms with Gasteiger partial charge in [-0.2, -0.15) is 0 Å². The number of pyridine rings is 1. The SMILES string of the molecule is CNc1ccccc1NC(=O)c1ccc(CNC(=O)OCc2cccnc2)cc1. The van der Waals surface area contributed by atoms with Gasteiger partial charge in [0.05, 0.1) is 11.4 Å². The lowest BCUT2D eigenvalue weighted by Crippen LogP contribution is -2.23. The molecule has 3 N–H and O–H groups in total. The molecule has 0 spiro atoms. The molecule has 2 amide bonds. The molecule has 29 heavy (non-hydrogen) atoms. The van der Waals surface area contributed by atoms with Gasteiger partial charge < -0.3 is 20.7 Å². The number of nitrogens with one attached hydrogen (secondary N) is 3. The van der Waals surface area contributed by atoms with Crippen LogP contribution in [-0.4, -0.2) is 24.0 Å². The van der Waals surface area contributed by atoms with E-state index in [4.69, 9.17) is 4.74 Å². The van der Waals surface area contributed by atoms with Gasteiger partial charge in [-0.25, -0.2) is 4.79 Å². The first-order valence-corrected chi connectivity index (χ1v) is 9.12. The van der Waals surface area contributed by atoms with Crippen LogP contribution in [0.1, 0.15) is 21.5 Å². The van der Waals surface area contributed by atoms with Crippen molar-refractivity contribution in [1.82, 2.24) is 10.3 Å². The van der Waals surface area contributed by atoms with Gasteiger partial charge in [0.25, 0.3) is 5.91 Å². The number of ether oxygens (including phenoxy) is 1. The third-order valence-corrected chi connectivity index (χ3v) is 4.19. The van der Waals surface area contributed by atoms with Crippen LogP contribution in [0.5, 0.6) is 0 Å². The van der Waals surface area contributed by atoms with Gasteiger partial charge in [-0.1, -0.05) is 30.3 Å². The Kier molecular flexibility index (Phi) is 6.78. The van der Waals surface area contributed by atoms with Crippen molar-refractivity contribution in [2.75, 3.05) is 17.7 Å². The fourth-order valence-corrected chi connectivity index (χ4v) is 2.64. The summed E-state index contributed by atoms with van der Waals surface area (Å²) in [6.45, 7) is 0.462. The molecule has 0 aliphatic heterocycles. The summed E-state index contributed by atoms with van der Waals surface area (Å²) < 4.78 is 5.14. The van der Waals surface area contributed by atoms with Crippen molar-refractivity contribution >= 4 is 23.4 Å². The molecular formula is C22H22N4O3. The van der Waals surface area contributed by atoms with Crippen molar-refractivity contribution in [3.8, 4) is 0 Å². The number of nitrogens with zero attached hydrogens (tertiary/aromatic N) is 1. The van der Waals surface area contributed by atoms with Crippen LogP contribution in [0.3, 0.4) is 0 Å². The Morgan fingerprint density at radius 1 is 0.931 bits per heavy atom. The summed E-state index contributed by atoms with van der Waals surface area (Å²) >= 11 is 0. The van der Waals surface area contributed by atoms with Crippen LogP contribution in [0, 0.1) is 0 Å². The van der Waals surface area contributed by atoms with Gasteiger partial charge in [0, 0.05) is 37.1 Å². The zero-order chi connectivity index (χ0) is 20.5. The molecule has 0 bridgehead atoms. The second-order valence-corrected chi connectivity index (χ2v) is 6.24. The van der Waals surface area contributed by atoms with Crippen molar-refractivity contribution in [3.05, 3.63) is 89.7 Å². The predicted octanol–water partition coefficient (Wildman–Crippen LogP) is 3.80. The van der Waals surface area contributed by atoms with Crippen LogP contribution < -0.4 is 16.0 Å². The predicted molar refractivity (Wildman–Crippen MR) is 112 cm³/mol. The Morgan fingerprint density at radius 3 is 2.38 bits per heavy atom. The molecule has 0 atom stereocenters. The first kappa shape index (κ1) is 19.9. The Morgan fingerprint density at radius 2 is 1.69 bits per heavy atom. The molecule has 1 heterocycles. The summed E-state index contributed by atoms with van der Waals surface area (Å²) in [5, 5.41) is 8.61. The molecule has 148 valence electrons. The van der Waals surface area contributed by atoms with E-state index in [9.17, 15) is 9.59 Å². The molecule has 7 heteroatoms. The smallest absolute Gasteiger partial charge is 0.407 e.